The van der Waals surface area contributed by atoms with Gasteiger partial charge in [-0.2, -0.15) is 10.2 Å². The average Bonchev–Trinajstić information content (AvgIpc) is 3.38. The molecule has 7 heteroatoms. The van der Waals surface area contributed by atoms with Gasteiger partial charge in [-0.1, -0.05) is 18.2 Å². The van der Waals surface area contributed by atoms with Crippen molar-refractivity contribution in [2.24, 2.45) is 0 Å². The number of nitrogens with one attached hydrogen (secondary N) is 1. The minimum atomic E-state index is -0.288. The number of nitrogens with zero attached hydrogens (tertiary/aromatic N) is 5. The van der Waals surface area contributed by atoms with Crippen LogP contribution in [0.5, 0.6) is 0 Å². The van der Waals surface area contributed by atoms with Crippen LogP contribution in [0, 0.1) is 0 Å². The predicted molar refractivity (Wildman–Crippen MR) is 102 cm³/mol. The second kappa shape index (κ2) is 7.65. The summed E-state index contributed by atoms with van der Waals surface area (Å²) in [5, 5.41) is 11.5. The van der Waals surface area contributed by atoms with Crippen molar-refractivity contribution < 1.29 is 4.79 Å². The molecule has 1 amide bonds. The fourth-order valence-corrected chi connectivity index (χ4v) is 2.70. The molecule has 27 heavy (non-hydrogen) atoms. The molecule has 4 rings (SSSR count). The second-order valence-corrected chi connectivity index (χ2v) is 6.00. The van der Waals surface area contributed by atoms with Crippen LogP contribution < -0.4 is 5.32 Å². The summed E-state index contributed by atoms with van der Waals surface area (Å²) in [6.07, 6.45) is 8.01. The topological polar surface area (TPSA) is 77.6 Å². The molecule has 0 aliphatic carbocycles. The van der Waals surface area contributed by atoms with Crippen LogP contribution in [0.3, 0.4) is 0 Å². The van der Waals surface area contributed by atoms with Crippen molar-refractivity contribution >= 4 is 11.7 Å². The van der Waals surface area contributed by atoms with Gasteiger partial charge in [0.15, 0.2) is 11.5 Å². The first kappa shape index (κ1) is 16.7. The van der Waals surface area contributed by atoms with Crippen LogP contribution in [-0.4, -0.2) is 30.5 Å². The molecule has 0 unspecified atom stereocenters. The minimum Gasteiger partial charge on any atom is -0.304 e. The van der Waals surface area contributed by atoms with Crippen molar-refractivity contribution in [3.8, 4) is 5.69 Å². The summed E-state index contributed by atoms with van der Waals surface area (Å²) in [4.78, 5) is 16.4. The van der Waals surface area contributed by atoms with Crippen molar-refractivity contribution in [3.63, 3.8) is 0 Å². The van der Waals surface area contributed by atoms with E-state index in [1.807, 2.05) is 48.7 Å². The molecule has 0 aliphatic rings. The van der Waals surface area contributed by atoms with Gasteiger partial charge in [0.05, 0.1) is 5.69 Å². The zero-order chi connectivity index (χ0) is 18.5. The Kier molecular flexibility index (Phi) is 4.74. The Morgan fingerprint density at radius 3 is 2.56 bits per heavy atom. The van der Waals surface area contributed by atoms with Gasteiger partial charge < -0.3 is 5.32 Å². The molecule has 1 aromatic carbocycles. The number of para-hydroxylation sites is 1. The molecule has 4 aromatic rings. The lowest BCUT2D eigenvalue weighted by molar-refractivity contribution is 0.102. The number of carbonyl (C=O) groups excluding carboxylic acids is 1. The highest BCUT2D eigenvalue weighted by atomic mass is 16.2. The third-order valence-corrected chi connectivity index (χ3v) is 4.10. The Hall–Kier alpha value is -3.74. The van der Waals surface area contributed by atoms with Crippen molar-refractivity contribution in [3.05, 3.63) is 90.6 Å². The van der Waals surface area contributed by atoms with E-state index in [-0.39, 0.29) is 5.91 Å². The standard InChI is InChI=1S/C20H18N6O/c27-20(18-9-15-26(23-18)17-4-2-1-3-5-17)22-19-10-14-25(24-19)13-8-16-6-11-21-12-7-16/h1-7,9-12,14-15H,8,13H2,(H,22,24,27). The molecular formula is C20H18N6O. The van der Waals surface area contributed by atoms with Gasteiger partial charge in [-0.25, -0.2) is 4.68 Å². The zero-order valence-electron chi connectivity index (χ0n) is 14.6. The van der Waals surface area contributed by atoms with Crippen LogP contribution in [0.15, 0.2) is 79.4 Å². The summed E-state index contributed by atoms with van der Waals surface area (Å²) in [5.41, 5.74) is 2.43. The van der Waals surface area contributed by atoms with Crippen molar-refractivity contribution in [1.82, 2.24) is 24.5 Å². The molecule has 1 N–H and O–H groups in total. The maximum atomic E-state index is 12.4. The van der Waals surface area contributed by atoms with E-state index in [1.165, 1.54) is 5.56 Å². The lowest BCUT2D eigenvalue weighted by Crippen LogP contribution is -2.14. The van der Waals surface area contributed by atoms with E-state index in [0.29, 0.717) is 11.5 Å². The highest BCUT2D eigenvalue weighted by Crippen LogP contribution is 2.10. The van der Waals surface area contributed by atoms with Crippen molar-refractivity contribution in [1.29, 1.82) is 0 Å². The number of hydrogen-bond donors (Lipinski definition) is 1. The molecule has 0 saturated carbocycles. The molecule has 0 fully saturated rings. The van der Waals surface area contributed by atoms with Gasteiger partial charge in [-0.3, -0.25) is 14.5 Å². The fraction of sp³-hybridized carbons (Fsp3) is 0.100. The van der Waals surface area contributed by atoms with Crippen LogP contribution in [0.25, 0.3) is 5.69 Å². The molecular weight excluding hydrogens is 340 g/mol. The Bertz CT molecular complexity index is 1020. The number of pyridine rings is 1. The lowest BCUT2D eigenvalue weighted by atomic mass is 10.2. The summed E-state index contributed by atoms with van der Waals surface area (Å²) in [6.45, 7) is 0.725. The maximum Gasteiger partial charge on any atom is 0.277 e. The number of benzene rings is 1. The van der Waals surface area contributed by atoms with E-state index < -0.39 is 0 Å². The first-order valence-electron chi connectivity index (χ1n) is 8.63. The van der Waals surface area contributed by atoms with E-state index in [2.05, 4.69) is 20.5 Å². The molecule has 0 radical (unpaired) electrons. The summed E-state index contributed by atoms with van der Waals surface area (Å²) in [5.74, 6) is 0.216. The number of aryl methyl sites for hydroxylation is 2. The summed E-state index contributed by atoms with van der Waals surface area (Å²) < 4.78 is 3.47. The third-order valence-electron chi connectivity index (χ3n) is 4.10. The van der Waals surface area contributed by atoms with Gasteiger partial charge in [-0.15, -0.1) is 0 Å². The van der Waals surface area contributed by atoms with E-state index in [0.717, 1.165) is 18.7 Å². The van der Waals surface area contributed by atoms with Crippen molar-refractivity contribution in [2.45, 2.75) is 13.0 Å². The molecule has 7 nitrogen and oxygen atoms in total. The summed E-state index contributed by atoms with van der Waals surface area (Å²) in [6, 6.07) is 17.1. The van der Waals surface area contributed by atoms with Gasteiger partial charge >= 0.3 is 0 Å². The molecule has 0 bridgehead atoms. The van der Waals surface area contributed by atoms with E-state index in [4.69, 9.17) is 0 Å². The normalized spacial score (nSPS) is 10.7. The highest BCUT2D eigenvalue weighted by molar-refractivity contribution is 6.02. The first-order chi connectivity index (χ1) is 13.3. The largest absolute Gasteiger partial charge is 0.304 e. The summed E-state index contributed by atoms with van der Waals surface area (Å²) >= 11 is 0. The fourth-order valence-electron chi connectivity index (χ4n) is 2.70. The quantitative estimate of drug-likeness (QED) is 0.575. The number of rotatable bonds is 6. The lowest BCUT2D eigenvalue weighted by Gasteiger charge is -2.02. The number of anilines is 1. The Morgan fingerprint density at radius 2 is 1.74 bits per heavy atom. The van der Waals surface area contributed by atoms with E-state index in [9.17, 15) is 4.79 Å². The number of hydrogen-bond acceptors (Lipinski definition) is 4. The highest BCUT2D eigenvalue weighted by Gasteiger charge is 2.12. The SMILES string of the molecule is O=C(Nc1ccn(CCc2ccncc2)n1)c1ccn(-c2ccccc2)n1. The van der Waals surface area contributed by atoms with Crippen LogP contribution >= 0.6 is 0 Å². The first-order valence-corrected chi connectivity index (χ1v) is 8.63. The number of aromatic nitrogens is 5. The maximum absolute atomic E-state index is 12.4. The molecule has 0 saturated heterocycles. The monoisotopic (exact) mass is 358 g/mol. The molecule has 0 atom stereocenters. The molecule has 0 aliphatic heterocycles. The average molecular weight is 358 g/mol. The smallest absolute Gasteiger partial charge is 0.277 e. The van der Waals surface area contributed by atoms with Crippen molar-refractivity contribution in [2.75, 3.05) is 5.32 Å². The third kappa shape index (κ3) is 4.09. The molecule has 134 valence electrons. The van der Waals surface area contributed by atoms with Crippen LogP contribution in [0.1, 0.15) is 16.1 Å². The van der Waals surface area contributed by atoms with Gasteiger partial charge in [0.1, 0.15) is 0 Å². The second-order valence-electron chi connectivity index (χ2n) is 6.00. The van der Waals surface area contributed by atoms with Gasteiger partial charge in [0.25, 0.3) is 5.91 Å². The van der Waals surface area contributed by atoms with Gasteiger partial charge in [-0.05, 0) is 42.3 Å². The van der Waals surface area contributed by atoms with Crippen LogP contribution in [0.2, 0.25) is 0 Å². The Morgan fingerprint density at radius 1 is 0.926 bits per heavy atom. The number of amides is 1. The number of carbonyl (C=O) groups is 1. The molecule has 3 aromatic heterocycles. The molecule has 3 heterocycles. The van der Waals surface area contributed by atoms with Gasteiger partial charge in [0.2, 0.25) is 0 Å². The predicted octanol–water partition coefficient (Wildman–Crippen LogP) is 2.96. The zero-order valence-corrected chi connectivity index (χ0v) is 14.6. The van der Waals surface area contributed by atoms with Crippen LogP contribution in [-0.2, 0) is 13.0 Å². The van der Waals surface area contributed by atoms with Crippen LogP contribution in [0.4, 0.5) is 5.82 Å². The van der Waals surface area contributed by atoms with Gasteiger partial charge in [0, 0.05) is 37.4 Å². The van der Waals surface area contributed by atoms with E-state index >= 15 is 0 Å². The van der Waals surface area contributed by atoms with E-state index in [1.54, 1.807) is 40.1 Å². The Labute approximate surface area is 156 Å². The minimum absolute atomic E-state index is 0.288. The summed E-state index contributed by atoms with van der Waals surface area (Å²) in [7, 11) is 0. The molecule has 0 spiro atoms. The Balaban J connectivity index is 1.37.